The molecule has 1 unspecified atom stereocenters. The third-order valence-electron chi connectivity index (χ3n) is 4.04. The second kappa shape index (κ2) is 4.27. The van der Waals surface area contributed by atoms with Gasteiger partial charge in [-0.3, -0.25) is 0 Å². The molecule has 1 heteroatoms. The molecule has 0 heterocycles. The average molecular weight is 222 g/mol. The normalized spacial score (nSPS) is 27.0. The van der Waals surface area contributed by atoms with Gasteiger partial charge in [0, 0.05) is 0 Å². The summed E-state index contributed by atoms with van der Waals surface area (Å²) in [6.07, 6.45) is 5.68. The van der Waals surface area contributed by atoms with Crippen molar-refractivity contribution in [2.24, 2.45) is 10.8 Å². The van der Waals surface area contributed by atoms with E-state index in [-0.39, 0.29) is 10.8 Å². The lowest BCUT2D eigenvalue weighted by molar-refractivity contribution is 0.123. The van der Waals surface area contributed by atoms with Crippen LogP contribution in [-0.2, 0) is 0 Å². The highest BCUT2D eigenvalue weighted by molar-refractivity contribution is 5.35. The van der Waals surface area contributed by atoms with Crippen LogP contribution in [0.25, 0.3) is 0 Å². The topological polar surface area (TPSA) is 20.2 Å². The van der Waals surface area contributed by atoms with Gasteiger partial charge in [0.1, 0.15) is 5.76 Å². The smallest absolute Gasteiger partial charge is 0.117 e. The molecule has 16 heavy (non-hydrogen) atoms. The van der Waals surface area contributed by atoms with Crippen LogP contribution in [0.4, 0.5) is 0 Å². The van der Waals surface area contributed by atoms with Crippen molar-refractivity contribution in [3.8, 4) is 0 Å². The van der Waals surface area contributed by atoms with Crippen LogP contribution in [-0.4, -0.2) is 5.11 Å². The van der Waals surface area contributed by atoms with Crippen molar-refractivity contribution in [1.29, 1.82) is 0 Å². The molecular weight excluding hydrogens is 196 g/mol. The standard InChI is InChI=1S/C15H26O/c1-7-8-15(14(4,5)6)9-11(2)13(16)12(3)10-15/h9,16H,7-8,10H2,1-6H3. The quantitative estimate of drug-likeness (QED) is 0.697. The van der Waals surface area contributed by atoms with Crippen LogP contribution in [0.2, 0.25) is 0 Å². The minimum Gasteiger partial charge on any atom is -0.508 e. The van der Waals surface area contributed by atoms with E-state index < -0.39 is 0 Å². The van der Waals surface area contributed by atoms with Gasteiger partial charge in [0.15, 0.2) is 0 Å². The fraction of sp³-hybridized carbons (Fsp3) is 0.733. The maximum absolute atomic E-state index is 9.92. The zero-order chi connectivity index (χ0) is 12.6. The summed E-state index contributed by atoms with van der Waals surface area (Å²) >= 11 is 0. The largest absolute Gasteiger partial charge is 0.508 e. The van der Waals surface area contributed by atoms with E-state index in [0.717, 1.165) is 17.6 Å². The molecule has 0 aliphatic heterocycles. The summed E-state index contributed by atoms with van der Waals surface area (Å²) in [6.45, 7) is 13.2. The predicted octanol–water partition coefficient (Wildman–Crippen LogP) is 5.00. The van der Waals surface area contributed by atoms with Crippen molar-refractivity contribution in [3.05, 3.63) is 23.0 Å². The molecule has 1 atom stereocenters. The van der Waals surface area contributed by atoms with Crippen molar-refractivity contribution in [1.82, 2.24) is 0 Å². The van der Waals surface area contributed by atoms with Crippen LogP contribution in [0.15, 0.2) is 23.0 Å². The van der Waals surface area contributed by atoms with E-state index in [1.165, 1.54) is 12.8 Å². The van der Waals surface area contributed by atoms with Crippen molar-refractivity contribution < 1.29 is 5.11 Å². The molecule has 0 saturated heterocycles. The Morgan fingerprint density at radius 3 is 2.25 bits per heavy atom. The summed E-state index contributed by atoms with van der Waals surface area (Å²) < 4.78 is 0. The Morgan fingerprint density at radius 2 is 1.88 bits per heavy atom. The first-order valence-electron chi connectivity index (χ1n) is 6.32. The molecule has 0 aromatic carbocycles. The molecule has 92 valence electrons. The zero-order valence-corrected chi connectivity index (χ0v) is 11.6. The summed E-state index contributed by atoms with van der Waals surface area (Å²) in [7, 11) is 0. The van der Waals surface area contributed by atoms with Crippen LogP contribution >= 0.6 is 0 Å². The molecule has 1 nitrogen and oxygen atoms in total. The minimum atomic E-state index is 0.210. The van der Waals surface area contributed by atoms with Gasteiger partial charge in [0.2, 0.25) is 0 Å². The minimum absolute atomic E-state index is 0.210. The van der Waals surface area contributed by atoms with E-state index in [0.29, 0.717) is 5.76 Å². The third kappa shape index (κ3) is 2.18. The Labute approximate surface area is 100 Å². The molecule has 0 aromatic rings. The fourth-order valence-electron chi connectivity index (χ4n) is 2.89. The number of allylic oxidation sites excluding steroid dienone is 3. The van der Waals surface area contributed by atoms with E-state index in [1.54, 1.807) is 0 Å². The van der Waals surface area contributed by atoms with Crippen molar-refractivity contribution in [3.63, 3.8) is 0 Å². The Balaban J connectivity index is 3.19. The molecule has 0 amide bonds. The van der Waals surface area contributed by atoms with E-state index >= 15 is 0 Å². The number of hydrogen-bond donors (Lipinski definition) is 1. The SMILES string of the molecule is CCCC1(C(C)(C)C)C=C(C)C(O)=C(C)C1. The summed E-state index contributed by atoms with van der Waals surface area (Å²) in [5, 5.41) is 9.92. The van der Waals surface area contributed by atoms with E-state index in [2.05, 4.69) is 40.7 Å². The third-order valence-corrected chi connectivity index (χ3v) is 4.04. The van der Waals surface area contributed by atoms with Crippen LogP contribution in [0.5, 0.6) is 0 Å². The van der Waals surface area contributed by atoms with Gasteiger partial charge in [-0.2, -0.15) is 0 Å². The van der Waals surface area contributed by atoms with Gasteiger partial charge >= 0.3 is 0 Å². The summed E-state index contributed by atoms with van der Waals surface area (Å²) in [4.78, 5) is 0. The molecule has 1 aliphatic rings. The first-order chi connectivity index (χ1) is 7.23. The molecule has 1 aliphatic carbocycles. The number of aliphatic hydroxyl groups excluding tert-OH is 1. The molecule has 0 bridgehead atoms. The molecule has 0 aromatic heterocycles. The molecule has 0 fully saturated rings. The lowest BCUT2D eigenvalue weighted by Crippen LogP contribution is -2.36. The lowest BCUT2D eigenvalue weighted by Gasteiger charge is -2.46. The Morgan fingerprint density at radius 1 is 1.31 bits per heavy atom. The van der Waals surface area contributed by atoms with Crippen molar-refractivity contribution in [2.45, 2.75) is 60.8 Å². The molecule has 1 N–H and O–H groups in total. The zero-order valence-electron chi connectivity index (χ0n) is 11.6. The molecular formula is C15H26O. The van der Waals surface area contributed by atoms with E-state index in [9.17, 15) is 5.11 Å². The Bertz CT molecular complexity index is 328. The highest BCUT2D eigenvalue weighted by Gasteiger charge is 2.41. The highest BCUT2D eigenvalue weighted by atomic mass is 16.3. The van der Waals surface area contributed by atoms with Gasteiger partial charge in [-0.25, -0.2) is 0 Å². The average Bonchev–Trinajstić information content (AvgIpc) is 2.12. The summed E-state index contributed by atoms with van der Waals surface area (Å²) in [6, 6.07) is 0. The number of rotatable bonds is 2. The van der Waals surface area contributed by atoms with Gasteiger partial charge in [-0.1, -0.05) is 40.2 Å². The molecule has 0 saturated carbocycles. The molecule has 0 spiro atoms. The maximum Gasteiger partial charge on any atom is 0.117 e. The highest BCUT2D eigenvalue weighted by Crippen LogP contribution is 2.51. The first kappa shape index (κ1) is 13.3. The van der Waals surface area contributed by atoms with Crippen molar-refractivity contribution in [2.75, 3.05) is 0 Å². The van der Waals surface area contributed by atoms with Gasteiger partial charge in [-0.05, 0) is 48.7 Å². The van der Waals surface area contributed by atoms with Crippen LogP contribution in [0, 0.1) is 10.8 Å². The number of aliphatic hydroxyl groups is 1. The first-order valence-corrected chi connectivity index (χ1v) is 6.32. The van der Waals surface area contributed by atoms with Gasteiger partial charge in [-0.15, -0.1) is 0 Å². The summed E-state index contributed by atoms with van der Waals surface area (Å²) in [5.74, 6) is 0.510. The Kier molecular flexibility index (Phi) is 3.56. The molecule has 1 rings (SSSR count). The number of hydrogen-bond acceptors (Lipinski definition) is 1. The van der Waals surface area contributed by atoms with Crippen molar-refractivity contribution >= 4 is 0 Å². The van der Waals surface area contributed by atoms with Gasteiger partial charge in [0.25, 0.3) is 0 Å². The summed E-state index contributed by atoms with van der Waals surface area (Å²) in [5.41, 5.74) is 2.64. The van der Waals surface area contributed by atoms with E-state index in [4.69, 9.17) is 0 Å². The maximum atomic E-state index is 9.92. The fourth-order valence-corrected chi connectivity index (χ4v) is 2.89. The van der Waals surface area contributed by atoms with E-state index in [1.807, 2.05) is 6.92 Å². The lowest BCUT2D eigenvalue weighted by atomic mass is 9.59. The van der Waals surface area contributed by atoms with Crippen LogP contribution in [0.3, 0.4) is 0 Å². The second-order valence-electron chi connectivity index (χ2n) is 6.29. The van der Waals surface area contributed by atoms with Gasteiger partial charge in [0.05, 0.1) is 0 Å². The monoisotopic (exact) mass is 222 g/mol. The Hall–Kier alpha value is -0.720. The second-order valence-corrected chi connectivity index (χ2v) is 6.29. The molecule has 0 radical (unpaired) electrons. The van der Waals surface area contributed by atoms with Crippen LogP contribution in [0.1, 0.15) is 60.8 Å². The van der Waals surface area contributed by atoms with Gasteiger partial charge < -0.3 is 5.11 Å². The predicted molar refractivity (Wildman–Crippen MR) is 70.5 cm³/mol. The van der Waals surface area contributed by atoms with Crippen LogP contribution < -0.4 is 0 Å².